The highest BCUT2D eigenvalue weighted by Crippen LogP contribution is 2.19. The zero-order chi connectivity index (χ0) is 22.0. The molecule has 0 aliphatic heterocycles. The van der Waals surface area contributed by atoms with Gasteiger partial charge in [0.15, 0.2) is 5.65 Å². The summed E-state index contributed by atoms with van der Waals surface area (Å²) in [6.45, 7) is 1.50. The number of nitrogens with zero attached hydrogens (tertiary/aromatic N) is 2. The van der Waals surface area contributed by atoms with Crippen molar-refractivity contribution in [3.05, 3.63) is 98.1 Å². The fourth-order valence-corrected chi connectivity index (χ4v) is 3.36. The van der Waals surface area contributed by atoms with Crippen molar-refractivity contribution >= 4 is 39.1 Å². The highest BCUT2D eigenvalue weighted by atomic mass is 79.9. The van der Waals surface area contributed by atoms with E-state index in [1.165, 1.54) is 6.07 Å². The number of halogens is 1. The molecule has 4 rings (SSSR count). The molecule has 0 saturated heterocycles. The third-order valence-corrected chi connectivity index (χ3v) is 4.85. The first-order chi connectivity index (χ1) is 14.9. The average Bonchev–Trinajstić information content (AvgIpc) is 3.13. The highest BCUT2D eigenvalue weighted by molar-refractivity contribution is 9.10. The Bertz CT molecular complexity index is 1360. The largest absolute Gasteiger partial charge is 0.456 e. The van der Waals surface area contributed by atoms with Crippen LogP contribution in [-0.4, -0.2) is 21.4 Å². The molecule has 0 unspecified atom stereocenters. The lowest BCUT2D eigenvalue weighted by atomic mass is 10.1. The summed E-state index contributed by atoms with van der Waals surface area (Å²) in [6.07, 6.45) is 0. The molecule has 0 aliphatic carbocycles. The molecule has 1 N–H and O–H groups in total. The molecule has 2 aromatic heterocycles. The van der Waals surface area contributed by atoms with Crippen LogP contribution in [0.25, 0.3) is 5.65 Å². The van der Waals surface area contributed by atoms with Gasteiger partial charge in [0.05, 0.1) is 16.9 Å². The van der Waals surface area contributed by atoms with Gasteiger partial charge in [-0.05, 0) is 37.3 Å². The molecule has 0 atom stereocenters. The average molecular weight is 482 g/mol. The van der Waals surface area contributed by atoms with Gasteiger partial charge in [0.2, 0.25) is 0 Å². The van der Waals surface area contributed by atoms with E-state index in [2.05, 4.69) is 26.2 Å². The number of aromatic nitrogens is 2. The lowest BCUT2D eigenvalue weighted by Gasteiger charge is -2.11. The zero-order valence-electron chi connectivity index (χ0n) is 16.3. The minimum absolute atomic E-state index is 0.183. The minimum atomic E-state index is -0.657. The number of benzene rings is 2. The second-order valence-corrected chi connectivity index (χ2v) is 7.59. The molecule has 31 heavy (non-hydrogen) atoms. The van der Waals surface area contributed by atoms with Gasteiger partial charge in [0.25, 0.3) is 11.5 Å². The standard InChI is InChI=1S/C22H16BrN3O5/c1-13-9-19-24-16(11-20(27)26(19)31-13)12-30-22(29)17-7-2-3-8-18(17)25-21(28)14-5-4-6-15(23)10-14/h2-11H,12H2,1H3,(H,25,28). The predicted octanol–water partition coefficient (Wildman–Crippen LogP) is 3.97. The van der Waals surface area contributed by atoms with Gasteiger partial charge in [-0.1, -0.05) is 34.1 Å². The number of aryl methyl sites for hydroxylation is 1. The summed E-state index contributed by atoms with van der Waals surface area (Å²) in [4.78, 5) is 41.6. The number of nitrogens with one attached hydrogen (secondary N) is 1. The van der Waals surface area contributed by atoms with Crippen LogP contribution in [-0.2, 0) is 11.3 Å². The molecule has 8 nitrogen and oxygen atoms in total. The molecule has 0 radical (unpaired) electrons. The van der Waals surface area contributed by atoms with E-state index < -0.39 is 11.5 Å². The van der Waals surface area contributed by atoms with E-state index in [0.29, 0.717) is 22.7 Å². The number of amides is 1. The maximum atomic E-state index is 12.7. The molecule has 2 heterocycles. The van der Waals surface area contributed by atoms with Crippen molar-refractivity contribution in [1.29, 1.82) is 0 Å². The molecule has 0 fully saturated rings. The SMILES string of the molecule is Cc1cc2nc(COC(=O)c3ccccc3NC(=O)c3cccc(Br)c3)cc(=O)n2o1. The quantitative estimate of drug-likeness (QED) is 0.432. The minimum Gasteiger partial charge on any atom is -0.456 e. The van der Waals surface area contributed by atoms with Crippen molar-refractivity contribution in [2.75, 3.05) is 5.32 Å². The van der Waals surface area contributed by atoms with Gasteiger partial charge in [-0.2, -0.15) is 0 Å². The Labute approximate surface area is 184 Å². The zero-order valence-corrected chi connectivity index (χ0v) is 17.9. The van der Waals surface area contributed by atoms with E-state index >= 15 is 0 Å². The Kier molecular flexibility index (Phi) is 5.68. The molecule has 0 spiro atoms. The molecule has 0 aliphatic rings. The van der Waals surface area contributed by atoms with Crippen LogP contribution in [0.5, 0.6) is 0 Å². The number of anilines is 1. The summed E-state index contributed by atoms with van der Waals surface area (Å²) in [6, 6.07) is 16.3. The number of esters is 1. The molecular weight excluding hydrogens is 466 g/mol. The molecule has 9 heteroatoms. The number of hydrogen-bond acceptors (Lipinski definition) is 6. The van der Waals surface area contributed by atoms with Gasteiger partial charge >= 0.3 is 5.97 Å². The first kappa shape index (κ1) is 20.5. The summed E-state index contributed by atoms with van der Waals surface area (Å²) in [5.74, 6) is -0.485. The van der Waals surface area contributed by atoms with E-state index in [9.17, 15) is 14.4 Å². The number of carbonyl (C=O) groups excluding carboxylic acids is 2. The Hall–Kier alpha value is -3.72. The number of ether oxygens (including phenoxy) is 1. The third-order valence-electron chi connectivity index (χ3n) is 4.36. The molecule has 0 bridgehead atoms. The molecule has 4 aromatic rings. The fourth-order valence-electron chi connectivity index (χ4n) is 2.96. The van der Waals surface area contributed by atoms with E-state index in [1.807, 2.05) is 6.07 Å². The number of carbonyl (C=O) groups is 2. The highest BCUT2D eigenvalue weighted by Gasteiger charge is 2.16. The summed E-state index contributed by atoms with van der Waals surface area (Å²) in [5, 5.41) is 2.73. The Morgan fingerprint density at radius 1 is 1.13 bits per heavy atom. The van der Waals surface area contributed by atoms with Crippen LogP contribution < -0.4 is 10.9 Å². The van der Waals surface area contributed by atoms with Crippen LogP contribution in [0.2, 0.25) is 0 Å². The van der Waals surface area contributed by atoms with Crippen molar-refractivity contribution in [2.45, 2.75) is 13.5 Å². The van der Waals surface area contributed by atoms with Gasteiger partial charge < -0.3 is 14.6 Å². The molecule has 0 saturated carbocycles. The molecule has 1 amide bonds. The number of hydrogen-bond donors (Lipinski definition) is 1. The second kappa shape index (κ2) is 8.57. The van der Waals surface area contributed by atoms with Crippen LogP contribution in [0.15, 0.2) is 74.5 Å². The second-order valence-electron chi connectivity index (χ2n) is 6.67. The maximum Gasteiger partial charge on any atom is 0.340 e. The van der Waals surface area contributed by atoms with Crippen molar-refractivity contribution in [1.82, 2.24) is 9.56 Å². The van der Waals surface area contributed by atoms with E-state index in [-0.39, 0.29) is 23.8 Å². The normalized spacial score (nSPS) is 10.8. The van der Waals surface area contributed by atoms with Crippen molar-refractivity contribution in [3.63, 3.8) is 0 Å². The Morgan fingerprint density at radius 3 is 2.74 bits per heavy atom. The number of para-hydroxylation sites is 1. The van der Waals surface area contributed by atoms with Gasteiger partial charge in [-0.25, -0.2) is 9.78 Å². The van der Waals surface area contributed by atoms with E-state index in [0.717, 1.165) is 9.05 Å². The van der Waals surface area contributed by atoms with Crippen molar-refractivity contribution in [2.24, 2.45) is 0 Å². The van der Waals surface area contributed by atoms with Crippen LogP contribution in [0.4, 0.5) is 5.69 Å². The smallest absolute Gasteiger partial charge is 0.340 e. The molecule has 156 valence electrons. The topological polar surface area (TPSA) is 103 Å². The lowest BCUT2D eigenvalue weighted by molar-refractivity contribution is 0.0469. The first-order valence-corrected chi connectivity index (χ1v) is 10.0. The lowest BCUT2D eigenvalue weighted by Crippen LogP contribution is -2.17. The molecular formula is C22H16BrN3O5. The number of fused-ring (bicyclic) bond motifs is 1. The number of rotatable bonds is 5. The van der Waals surface area contributed by atoms with Gasteiger partial charge in [-0.15, -0.1) is 4.57 Å². The van der Waals surface area contributed by atoms with Gasteiger partial charge in [-0.3, -0.25) is 9.59 Å². The van der Waals surface area contributed by atoms with E-state index in [1.54, 1.807) is 55.5 Å². The molecule has 2 aromatic carbocycles. The van der Waals surface area contributed by atoms with Crippen LogP contribution in [0.3, 0.4) is 0 Å². The monoisotopic (exact) mass is 481 g/mol. The van der Waals surface area contributed by atoms with Crippen LogP contribution in [0, 0.1) is 6.92 Å². The van der Waals surface area contributed by atoms with Crippen molar-refractivity contribution < 1.29 is 18.8 Å². The summed E-state index contributed by atoms with van der Waals surface area (Å²) in [5.41, 5.74) is 1.14. The van der Waals surface area contributed by atoms with Crippen LogP contribution >= 0.6 is 15.9 Å². The van der Waals surface area contributed by atoms with Crippen molar-refractivity contribution in [3.8, 4) is 0 Å². The Morgan fingerprint density at radius 2 is 1.94 bits per heavy atom. The summed E-state index contributed by atoms with van der Waals surface area (Å²) < 4.78 is 12.4. The van der Waals surface area contributed by atoms with Crippen LogP contribution in [0.1, 0.15) is 32.2 Å². The summed E-state index contributed by atoms with van der Waals surface area (Å²) >= 11 is 3.33. The van der Waals surface area contributed by atoms with Gasteiger partial charge in [0.1, 0.15) is 12.4 Å². The maximum absolute atomic E-state index is 12.7. The predicted molar refractivity (Wildman–Crippen MR) is 116 cm³/mol. The van der Waals surface area contributed by atoms with Gasteiger partial charge in [0, 0.05) is 22.2 Å². The third kappa shape index (κ3) is 4.56. The summed E-state index contributed by atoms with van der Waals surface area (Å²) in [7, 11) is 0. The first-order valence-electron chi connectivity index (χ1n) is 9.23. The van der Waals surface area contributed by atoms with E-state index in [4.69, 9.17) is 9.26 Å². The fraction of sp³-hybridized carbons (Fsp3) is 0.0909. The Balaban J connectivity index is 1.50.